The Morgan fingerprint density at radius 2 is 1.04 bits per heavy atom. The van der Waals surface area contributed by atoms with E-state index in [1.807, 2.05) is 12.1 Å². The highest BCUT2D eigenvalue weighted by molar-refractivity contribution is 7.00. The van der Waals surface area contributed by atoms with Crippen LogP contribution in [0.25, 0.3) is 44.2 Å². The van der Waals surface area contributed by atoms with Crippen LogP contribution in [0.3, 0.4) is 0 Å². The maximum Gasteiger partial charge on any atom is 0.252 e. The summed E-state index contributed by atoms with van der Waals surface area (Å²) in [5.74, 6) is 0. The van der Waals surface area contributed by atoms with Crippen molar-refractivity contribution in [1.82, 2.24) is 0 Å². The van der Waals surface area contributed by atoms with E-state index in [4.69, 9.17) is 4.42 Å². The molecule has 2 aliphatic heterocycles. The first kappa shape index (κ1) is 30.7. The summed E-state index contributed by atoms with van der Waals surface area (Å²) in [5, 5.41) is 2.28. The Balaban J connectivity index is 1.04. The summed E-state index contributed by atoms with van der Waals surface area (Å²) in [7, 11) is 0. The molecule has 9 aromatic rings. The molecule has 0 unspecified atom stereocenters. The molecule has 0 amide bonds. The number of fused-ring (bicyclic) bond motifs is 10. The van der Waals surface area contributed by atoms with E-state index in [-0.39, 0.29) is 12.1 Å². The highest BCUT2D eigenvalue weighted by Crippen LogP contribution is 2.51. The summed E-state index contributed by atoms with van der Waals surface area (Å²) in [6.45, 7) is 4.83. The van der Waals surface area contributed by atoms with Crippen LogP contribution >= 0.6 is 0 Å². The van der Waals surface area contributed by atoms with Gasteiger partial charge in [-0.05, 0) is 116 Å². The predicted octanol–water partition coefficient (Wildman–Crippen LogP) is 11.6. The second kappa shape index (κ2) is 11.1. The van der Waals surface area contributed by atoms with E-state index in [1.165, 1.54) is 78.2 Å². The van der Waals surface area contributed by atoms with Gasteiger partial charge >= 0.3 is 0 Å². The van der Waals surface area contributed by atoms with Gasteiger partial charge in [0.25, 0.3) is 6.71 Å². The Hall–Kier alpha value is -6.78. The minimum absolute atomic E-state index is 0.0914. The van der Waals surface area contributed by atoms with Crippen molar-refractivity contribution < 1.29 is 4.42 Å². The molecule has 3 aliphatic rings. The molecule has 4 heteroatoms. The Labute approximate surface area is 320 Å². The van der Waals surface area contributed by atoms with Crippen molar-refractivity contribution in [2.24, 2.45) is 0 Å². The van der Waals surface area contributed by atoms with Crippen molar-refractivity contribution in [2.45, 2.75) is 19.3 Å². The molecular weight excluding hydrogens is 667 g/mol. The van der Waals surface area contributed by atoms with E-state index >= 15 is 0 Å². The van der Waals surface area contributed by atoms with Gasteiger partial charge < -0.3 is 14.2 Å². The maximum absolute atomic E-state index is 6.18. The van der Waals surface area contributed by atoms with Crippen LogP contribution in [0.5, 0.6) is 0 Å². The number of hydrogen-bond donors (Lipinski definition) is 0. The van der Waals surface area contributed by atoms with Gasteiger partial charge in [-0.2, -0.15) is 0 Å². The van der Waals surface area contributed by atoms with Crippen LogP contribution in [0, 0.1) is 0 Å². The van der Waals surface area contributed by atoms with E-state index in [9.17, 15) is 0 Å². The number of furan rings is 1. The summed E-state index contributed by atoms with van der Waals surface area (Å²) in [4.78, 5) is 4.99. The van der Waals surface area contributed by atoms with Crippen LogP contribution in [-0.2, 0) is 5.41 Å². The van der Waals surface area contributed by atoms with Gasteiger partial charge in [-0.25, -0.2) is 0 Å². The van der Waals surface area contributed by atoms with Gasteiger partial charge in [0, 0.05) is 50.3 Å². The summed E-state index contributed by atoms with van der Waals surface area (Å²) < 4.78 is 6.18. The predicted molar refractivity (Wildman–Crippen MR) is 231 cm³/mol. The lowest BCUT2D eigenvalue weighted by Crippen LogP contribution is -2.61. The van der Waals surface area contributed by atoms with Gasteiger partial charge in [0.1, 0.15) is 11.2 Å². The molecule has 1 aromatic heterocycles. The lowest BCUT2D eigenvalue weighted by atomic mass is 9.33. The molecule has 0 atom stereocenters. The van der Waals surface area contributed by atoms with E-state index in [1.54, 1.807) is 0 Å². The molecule has 0 spiro atoms. The Bertz CT molecular complexity index is 3070. The van der Waals surface area contributed by atoms with Crippen molar-refractivity contribution in [3.05, 3.63) is 187 Å². The average molecular weight is 703 g/mol. The smallest absolute Gasteiger partial charge is 0.252 e. The zero-order valence-corrected chi connectivity index (χ0v) is 30.6. The largest absolute Gasteiger partial charge is 0.456 e. The van der Waals surface area contributed by atoms with E-state index < -0.39 is 0 Å². The summed E-state index contributed by atoms with van der Waals surface area (Å²) >= 11 is 0. The summed E-state index contributed by atoms with van der Waals surface area (Å²) in [6, 6.07) is 64.8. The van der Waals surface area contributed by atoms with Crippen LogP contribution in [0.2, 0.25) is 0 Å². The second-order valence-corrected chi connectivity index (χ2v) is 15.7. The van der Waals surface area contributed by atoms with E-state index in [0.29, 0.717) is 0 Å². The third kappa shape index (κ3) is 4.22. The van der Waals surface area contributed by atoms with Crippen LogP contribution < -0.4 is 26.2 Å². The average Bonchev–Trinajstić information content (AvgIpc) is 3.72. The topological polar surface area (TPSA) is 19.6 Å². The zero-order chi connectivity index (χ0) is 36.4. The third-order valence-corrected chi connectivity index (χ3v) is 12.4. The Kier molecular flexibility index (Phi) is 6.20. The van der Waals surface area contributed by atoms with Crippen molar-refractivity contribution in [3.8, 4) is 22.3 Å². The quantitative estimate of drug-likeness (QED) is 0.171. The van der Waals surface area contributed by atoms with Crippen molar-refractivity contribution in [2.75, 3.05) is 9.80 Å². The number of rotatable bonds is 3. The van der Waals surface area contributed by atoms with Gasteiger partial charge in [0.05, 0.1) is 0 Å². The van der Waals surface area contributed by atoms with Crippen molar-refractivity contribution >= 4 is 79.2 Å². The van der Waals surface area contributed by atoms with E-state index in [0.717, 1.165) is 27.6 Å². The number of anilines is 6. The molecule has 0 bridgehead atoms. The molecular formula is C51H35BN2O. The monoisotopic (exact) mass is 702 g/mol. The highest BCUT2D eigenvalue weighted by Gasteiger charge is 2.43. The molecule has 258 valence electrons. The first-order chi connectivity index (χ1) is 27.0. The maximum atomic E-state index is 6.18. The normalized spacial score (nSPS) is 14.4. The molecule has 1 aliphatic carbocycles. The number of para-hydroxylation sites is 3. The molecule has 0 N–H and O–H groups in total. The number of benzene rings is 8. The number of hydrogen-bond acceptors (Lipinski definition) is 3. The van der Waals surface area contributed by atoms with Crippen molar-refractivity contribution in [1.29, 1.82) is 0 Å². The lowest BCUT2D eigenvalue weighted by molar-refractivity contribution is 0.660. The van der Waals surface area contributed by atoms with Crippen LogP contribution in [0.4, 0.5) is 34.1 Å². The second-order valence-electron chi connectivity index (χ2n) is 15.7. The Morgan fingerprint density at radius 1 is 0.436 bits per heavy atom. The zero-order valence-electron chi connectivity index (χ0n) is 30.6. The first-order valence-electron chi connectivity index (χ1n) is 19.2. The van der Waals surface area contributed by atoms with E-state index in [2.05, 4.69) is 187 Å². The highest BCUT2D eigenvalue weighted by atomic mass is 16.3. The molecule has 8 aromatic carbocycles. The fourth-order valence-corrected chi connectivity index (χ4v) is 9.95. The molecule has 12 rings (SSSR count). The minimum atomic E-state index is -0.0914. The van der Waals surface area contributed by atoms with Gasteiger partial charge in [-0.3, -0.25) is 0 Å². The lowest BCUT2D eigenvalue weighted by Gasteiger charge is -2.44. The molecule has 0 saturated heterocycles. The Morgan fingerprint density at radius 3 is 1.84 bits per heavy atom. The molecule has 0 saturated carbocycles. The van der Waals surface area contributed by atoms with Gasteiger partial charge in [0.2, 0.25) is 0 Å². The summed E-state index contributed by atoms with van der Waals surface area (Å²) in [5.41, 5.74) is 20.7. The molecule has 3 nitrogen and oxygen atoms in total. The van der Waals surface area contributed by atoms with Crippen molar-refractivity contribution in [3.63, 3.8) is 0 Å². The summed E-state index contributed by atoms with van der Waals surface area (Å²) in [6.07, 6.45) is 0. The first-order valence-corrected chi connectivity index (χ1v) is 19.2. The standard InChI is InChI=1S/C51H35BN2O/c1-51(2)40-17-5-3-15-36(40)37-27-26-35(31-41(37)51)54-45-21-9-7-19-43(45)52-42-18-6-8-20-44(42)53(46-22-12-23-47(54)50(46)52)34-14-11-13-32(29-34)33-25-28-49-39(30-33)38-16-4-10-24-48(38)55-49/h3-31H,1-2H3. The molecule has 0 fully saturated rings. The molecule has 55 heavy (non-hydrogen) atoms. The van der Waals surface area contributed by atoms with Gasteiger partial charge in [0.15, 0.2) is 0 Å². The molecule has 0 radical (unpaired) electrons. The number of nitrogens with zero attached hydrogens (tertiary/aromatic N) is 2. The third-order valence-electron chi connectivity index (χ3n) is 12.4. The molecule has 3 heterocycles. The van der Waals surface area contributed by atoms with Crippen LogP contribution in [0.1, 0.15) is 25.0 Å². The van der Waals surface area contributed by atoms with Crippen LogP contribution in [0.15, 0.2) is 180 Å². The SMILES string of the molecule is CC1(C)c2ccccc2-c2ccc(N3c4ccccc4B4c5ccccc5N(c5cccc(-c6ccc7oc8ccccc8c7c6)c5)c5cccc3c54)cc21. The minimum Gasteiger partial charge on any atom is -0.456 e. The fourth-order valence-electron chi connectivity index (χ4n) is 9.95. The fraction of sp³-hybridized carbons (Fsp3) is 0.0588. The van der Waals surface area contributed by atoms with Gasteiger partial charge in [-0.1, -0.05) is 123 Å². The van der Waals surface area contributed by atoms with Gasteiger partial charge in [-0.15, -0.1) is 0 Å². The van der Waals surface area contributed by atoms with Crippen LogP contribution in [-0.4, -0.2) is 6.71 Å².